The van der Waals surface area contributed by atoms with E-state index < -0.39 is 0 Å². The summed E-state index contributed by atoms with van der Waals surface area (Å²) in [7, 11) is 0. The van der Waals surface area contributed by atoms with Crippen molar-refractivity contribution in [2.24, 2.45) is 5.92 Å². The molecular weight excluding hydrogens is 152 g/mol. The van der Waals surface area contributed by atoms with E-state index in [1.807, 2.05) is 0 Å². The Morgan fingerprint density at radius 3 is 2.17 bits per heavy atom. The van der Waals surface area contributed by atoms with Crippen LogP contribution in [0.4, 0.5) is 0 Å². The first-order valence-electron chi connectivity index (χ1n) is 4.93. The van der Waals surface area contributed by atoms with Gasteiger partial charge >= 0.3 is 0 Å². The largest absolute Gasteiger partial charge is 0.353 e. The molecule has 0 aromatic carbocycles. The highest BCUT2D eigenvalue weighted by Gasteiger charge is 2.06. The van der Waals surface area contributed by atoms with Crippen molar-refractivity contribution in [3.63, 3.8) is 0 Å². The maximum absolute atomic E-state index is 5.53. The molecule has 0 aliphatic heterocycles. The Hall–Kier alpha value is -0.0800. The molecule has 0 amide bonds. The maximum Gasteiger partial charge on any atom is 0.157 e. The molecule has 0 saturated carbocycles. The minimum absolute atomic E-state index is 0.00681. The predicted octanol–water partition coefficient (Wildman–Crippen LogP) is 2.82. The van der Waals surface area contributed by atoms with Gasteiger partial charge in [0.25, 0.3) is 0 Å². The van der Waals surface area contributed by atoms with Crippen LogP contribution in [0, 0.1) is 5.92 Å². The van der Waals surface area contributed by atoms with Gasteiger partial charge in [0.15, 0.2) is 6.29 Å². The van der Waals surface area contributed by atoms with Crippen LogP contribution in [0.5, 0.6) is 0 Å². The number of rotatable bonds is 7. The van der Waals surface area contributed by atoms with Gasteiger partial charge in [0.05, 0.1) is 6.61 Å². The zero-order chi connectivity index (χ0) is 9.40. The zero-order valence-corrected chi connectivity index (χ0v) is 8.80. The summed E-state index contributed by atoms with van der Waals surface area (Å²) in [5, 5.41) is 0. The summed E-state index contributed by atoms with van der Waals surface area (Å²) in [5.41, 5.74) is 0. The van der Waals surface area contributed by atoms with Crippen molar-refractivity contribution >= 4 is 0 Å². The molecule has 0 heterocycles. The minimum atomic E-state index is 0.00681. The van der Waals surface area contributed by atoms with Gasteiger partial charge < -0.3 is 9.47 Å². The molecule has 0 N–H and O–H groups in total. The lowest BCUT2D eigenvalue weighted by molar-refractivity contribution is -0.149. The first-order valence-corrected chi connectivity index (χ1v) is 4.93. The molecule has 0 saturated heterocycles. The predicted molar refractivity (Wildman–Crippen MR) is 51.1 cm³/mol. The van der Waals surface area contributed by atoms with E-state index in [0.717, 1.165) is 26.1 Å². The molecule has 0 aliphatic rings. The van der Waals surface area contributed by atoms with E-state index in [0.29, 0.717) is 5.92 Å². The molecule has 0 aromatic rings. The molecule has 0 spiro atoms. The van der Waals surface area contributed by atoms with E-state index in [4.69, 9.17) is 9.47 Å². The molecule has 12 heavy (non-hydrogen) atoms. The highest BCUT2D eigenvalue weighted by atomic mass is 16.7. The molecule has 1 atom stereocenters. The summed E-state index contributed by atoms with van der Waals surface area (Å²) >= 11 is 0. The van der Waals surface area contributed by atoms with Crippen LogP contribution in [-0.2, 0) is 9.47 Å². The quantitative estimate of drug-likeness (QED) is 0.552. The monoisotopic (exact) mass is 174 g/mol. The molecule has 0 bridgehead atoms. The molecule has 2 heteroatoms. The van der Waals surface area contributed by atoms with Crippen LogP contribution in [0.15, 0.2) is 0 Å². The fraction of sp³-hybridized carbons (Fsp3) is 1.00. The fourth-order valence-corrected chi connectivity index (χ4v) is 0.833. The lowest BCUT2D eigenvalue weighted by Gasteiger charge is -2.17. The first kappa shape index (κ1) is 11.9. The standard InChI is InChI=1S/C10H22O2/c1-5-7-11-10(6-2)12-8-9(3)4/h9-10H,5-8H2,1-4H3. The van der Waals surface area contributed by atoms with Gasteiger partial charge in [-0.1, -0.05) is 27.7 Å². The van der Waals surface area contributed by atoms with Gasteiger partial charge in [-0.3, -0.25) is 0 Å². The van der Waals surface area contributed by atoms with Crippen LogP contribution in [0.25, 0.3) is 0 Å². The second kappa shape index (κ2) is 7.56. The average Bonchev–Trinajstić information content (AvgIpc) is 2.05. The first-order chi connectivity index (χ1) is 5.70. The lowest BCUT2D eigenvalue weighted by atomic mass is 10.2. The lowest BCUT2D eigenvalue weighted by Crippen LogP contribution is -2.19. The summed E-state index contributed by atoms with van der Waals surface area (Å²) in [6, 6.07) is 0. The topological polar surface area (TPSA) is 18.5 Å². The molecule has 2 nitrogen and oxygen atoms in total. The van der Waals surface area contributed by atoms with Gasteiger partial charge in [-0.15, -0.1) is 0 Å². The van der Waals surface area contributed by atoms with Crippen molar-refractivity contribution in [3.8, 4) is 0 Å². The molecule has 0 rings (SSSR count). The van der Waals surface area contributed by atoms with Gasteiger partial charge in [-0.05, 0) is 18.8 Å². The number of ether oxygens (including phenoxy) is 2. The highest BCUT2D eigenvalue weighted by Crippen LogP contribution is 2.04. The van der Waals surface area contributed by atoms with Crippen molar-refractivity contribution in [1.82, 2.24) is 0 Å². The third kappa shape index (κ3) is 6.62. The Labute approximate surface area is 76.3 Å². The van der Waals surface area contributed by atoms with Crippen LogP contribution in [0.3, 0.4) is 0 Å². The van der Waals surface area contributed by atoms with Crippen molar-refractivity contribution in [3.05, 3.63) is 0 Å². The second-order valence-electron chi connectivity index (χ2n) is 3.44. The van der Waals surface area contributed by atoms with E-state index in [2.05, 4.69) is 27.7 Å². The van der Waals surface area contributed by atoms with Crippen LogP contribution in [0.1, 0.15) is 40.5 Å². The molecule has 0 aromatic heterocycles. The Kier molecular flexibility index (Phi) is 7.51. The Morgan fingerprint density at radius 1 is 1.08 bits per heavy atom. The van der Waals surface area contributed by atoms with E-state index >= 15 is 0 Å². The van der Waals surface area contributed by atoms with Gasteiger partial charge in [-0.2, -0.15) is 0 Å². The Morgan fingerprint density at radius 2 is 1.75 bits per heavy atom. The number of hydrogen-bond acceptors (Lipinski definition) is 2. The van der Waals surface area contributed by atoms with Gasteiger partial charge in [0.1, 0.15) is 0 Å². The van der Waals surface area contributed by atoms with Crippen molar-refractivity contribution < 1.29 is 9.47 Å². The molecular formula is C10H22O2. The van der Waals surface area contributed by atoms with E-state index in [-0.39, 0.29) is 6.29 Å². The summed E-state index contributed by atoms with van der Waals surface area (Å²) in [6.45, 7) is 10.1. The Bertz CT molecular complexity index is 91.8. The molecule has 0 fully saturated rings. The molecule has 0 aliphatic carbocycles. The van der Waals surface area contributed by atoms with Gasteiger partial charge in [0.2, 0.25) is 0 Å². The fourth-order valence-electron chi connectivity index (χ4n) is 0.833. The van der Waals surface area contributed by atoms with Crippen molar-refractivity contribution in [1.29, 1.82) is 0 Å². The van der Waals surface area contributed by atoms with E-state index in [1.54, 1.807) is 0 Å². The summed E-state index contributed by atoms with van der Waals surface area (Å²) in [5.74, 6) is 0.587. The molecule has 74 valence electrons. The zero-order valence-electron chi connectivity index (χ0n) is 8.80. The normalized spacial score (nSPS) is 13.8. The van der Waals surface area contributed by atoms with Crippen LogP contribution in [-0.4, -0.2) is 19.5 Å². The van der Waals surface area contributed by atoms with Crippen LogP contribution < -0.4 is 0 Å². The maximum atomic E-state index is 5.53. The van der Waals surface area contributed by atoms with Crippen molar-refractivity contribution in [2.45, 2.75) is 46.8 Å². The summed E-state index contributed by atoms with van der Waals surface area (Å²) in [6.07, 6.45) is 2.00. The summed E-state index contributed by atoms with van der Waals surface area (Å²) in [4.78, 5) is 0. The van der Waals surface area contributed by atoms with E-state index in [1.165, 1.54) is 0 Å². The average molecular weight is 174 g/mol. The van der Waals surface area contributed by atoms with Gasteiger partial charge in [0, 0.05) is 6.61 Å². The molecule has 0 radical (unpaired) electrons. The van der Waals surface area contributed by atoms with Crippen LogP contribution in [0.2, 0.25) is 0 Å². The third-order valence-electron chi connectivity index (χ3n) is 1.46. The highest BCUT2D eigenvalue weighted by molar-refractivity contribution is 4.44. The second-order valence-corrected chi connectivity index (χ2v) is 3.44. The summed E-state index contributed by atoms with van der Waals surface area (Å²) < 4.78 is 11.0. The third-order valence-corrected chi connectivity index (χ3v) is 1.46. The van der Waals surface area contributed by atoms with Crippen molar-refractivity contribution in [2.75, 3.05) is 13.2 Å². The number of hydrogen-bond donors (Lipinski definition) is 0. The van der Waals surface area contributed by atoms with E-state index in [9.17, 15) is 0 Å². The Balaban J connectivity index is 3.39. The smallest absolute Gasteiger partial charge is 0.157 e. The SMILES string of the molecule is CCCOC(CC)OCC(C)C. The van der Waals surface area contributed by atoms with Crippen LogP contribution >= 0.6 is 0 Å². The van der Waals surface area contributed by atoms with Gasteiger partial charge in [-0.25, -0.2) is 0 Å². The minimum Gasteiger partial charge on any atom is -0.353 e. The molecule has 1 unspecified atom stereocenters.